The van der Waals surface area contributed by atoms with Crippen molar-refractivity contribution < 1.29 is 9.84 Å². The van der Waals surface area contributed by atoms with Crippen LogP contribution in [0.2, 0.25) is 0 Å². The van der Waals surface area contributed by atoms with Gasteiger partial charge in [-0.1, -0.05) is 19.8 Å². The quantitative estimate of drug-likeness (QED) is 0.601. The Hall–Kier alpha value is -0.660. The lowest BCUT2D eigenvalue weighted by atomic mass is 10.2. The van der Waals surface area contributed by atoms with E-state index in [1.165, 1.54) is 0 Å². The summed E-state index contributed by atoms with van der Waals surface area (Å²) in [5.74, 6) is -0.177. The highest BCUT2D eigenvalue weighted by atomic mass is 16.6. The average Bonchev–Trinajstić information content (AvgIpc) is 1.82. The topological polar surface area (TPSA) is 29.5 Å². The number of rotatable bonds is 5. The summed E-state index contributed by atoms with van der Waals surface area (Å²) >= 11 is 0. The number of ether oxygens (including phenoxy) is 1. The van der Waals surface area contributed by atoms with Gasteiger partial charge in [0.15, 0.2) is 0 Å². The summed E-state index contributed by atoms with van der Waals surface area (Å²) in [5, 5.41) is 8.61. The number of hydrogen-bond acceptors (Lipinski definition) is 2. The SMILES string of the molecule is C=C(O)OC(C)CCCC. The second-order valence-electron chi connectivity index (χ2n) is 2.46. The van der Waals surface area contributed by atoms with Gasteiger partial charge < -0.3 is 9.84 Å². The fourth-order valence-electron chi connectivity index (χ4n) is 0.783. The molecule has 0 rings (SSSR count). The van der Waals surface area contributed by atoms with Crippen molar-refractivity contribution in [1.29, 1.82) is 0 Å². The summed E-state index contributed by atoms with van der Waals surface area (Å²) in [5.41, 5.74) is 0. The van der Waals surface area contributed by atoms with E-state index in [2.05, 4.69) is 13.5 Å². The third-order valence-electron chi connectivity index (χ3n) is 1.30. The molecule has 0 aliphatic heterocycles. The summed E-state index contributed by atoms with van der Waals surface area (Å²) in [7, 11) is 0. The molecule has 0 fully saturated rings. The maximum Gasteiger partial charge on any atom is 0.269 e. The van der Waals surface area contributed by atoms with Gasteiger partial charge in [-0.25, -0.2) is 0 Å². The maximum absolute atomic E-state index is 8.61. The summed E-state index contributed by atoms with van der Waals surface area (Å²) in [6.07, 6.45) is 3.37. The van der Waals surface area contributed by atoms with Gasteiger partial charge in [0.1, 0.15) is 0 Å². The van der Waals surface area contributed by atoms with Crippen LogP contribution < -0.4 is 0 Å². The van der Waals surface area contributed by atoms with Gasteiger partial charge in [-0.15, -0.1) is 0 Å². The third-order valence-corrected chi connectivity index (χ3v) is 1.30. The molecule has 0 aliphatic carbocycles. The molecule has 0 bridgehead atoms. The summed E-state index contributed by atoms with van der Waals surface area (Å²) in [6.45, 7) is 7.29. The van der Waals surface area contributed by atoms with Crippen molar-refractivity contribution in [2.45, 2.75) is 39.2 Å². The third kappa shape index (κ3) is 5.48. The molecule has 0 saturated carbocycles. The van der Waals surface area contributed by atoms with Gasteiger partial charge in [-0.3, -0.25) is 0 Å². The van der Waals surface area contributed by atoms with Crippen molar-refractivity contribution in [3.63, 3.8) is 0 Å². The molecule has 0 aliphatic rings. The van der Waals surface area contributed by atoms with E-state index in [0.717, 1.165) is 19.3 Å². The predicted octanol–water partition coefficient (Wildman–Crippen LogP) is 2.61. The van der Waals surface area contributed by atoms with Crippen LogP contribution in [0.1, 0.15) is 33.1 Å². The Bertz CT molecular complexity index is 99.4. The first kappa shape index (κ1) is 9.34. The molecule has 0 spiro atoms. The molecule has 0 aromatic carbocycles. The van der Waals surface area contributed by atoms with E-state index >= 15 is 0 Å². The fraction of sp³-hybridized carbons (Fsp3) is 0.750. The molecule has 0 radical (unpaired) electrons. The van der Waals surface area contributed by atoms with E-state index in [4.69, 9.17) is 9.84 Å². The zero-order valence-electron chi connectivity index (χ0n) is 6.76. The highest BCUT2D eigenvalue weighted by molar-refractivity contribution is 4.65. The number of hydrogen-bond donors (Lipinski definition) is 1. The molecular formula is C8H16O2. The zero-order chi connectivity index (χ0) is 7.98. The van der Waals surface area contributed by atoms with Crippen molar-refractivity contribution in [1.82, 2.24) is 0 Å². The van der Waals surface area contributed by atoms with E-state index < -0.39 is 0 Å². The van der Waals surface area contributed by atoms with Crippen molar-refractivity contribution in [2.24, 2.45) is 0 Å². The first-order valence-corrected chi connectivity index (χ1v) is 3.71. The molecule has 2 heteroatoms. The van der Waals surface area contributed by atoms with Crippen molar-refractivity contribution in [2.75, 3.05) is 0 Å². The Morgan fingerprint density at radius 3 is 2.70 bits per heavy atom. The molecule has 0 heterocycles. The van der Waals surface area contributed by atoms with Gasteiger partial charge in [-0.05, 0) is 19.9 Å². The van der Waals surface area contributed by atoms with Crippen molar-refractivity contribution in [3.05, 3.63) is 12.5 Å². The van der Waals surface area contributed by atoms with Crippen LogP contribution in [0.3, 0.4) is 0 Å². The lowest BCUT2D eigenvalue weighted by molar-refractivity contribution is 0.0385. The minimum atomic E-state index is -0.177. The first-order valence-electron chi connectivity index (χ1n) is 3.71. The molecular weight excluding hydrogens is 128 g/mol. The van der Waals surface area contributed by atoms with Crippen molar-refractivity contribution in [3.8, 4) is 0 Å². The summed E-state index contributed by atoms with van der Waals surface area (Å²) < 4.78 is 4.91. The average molecular weight is 144 g/mol. The van der Waals surface area contributed by atoms with Crippen LogP contribution in [-0.2, 0) is 4.74 Å². The van der Waals surface area contributed by atoms with E-state index in [1.807, 2.05) is 6.92 Å². The summed E-state index contributed by atoms with van der Waals surface area (Å²) in [6, 6.07) is 0. The molecule has 0 saturated heterocycles. The number of aliphatic hydroxyl groups is 1. The number of aliphatic hydroxyl groups excluding tert-OH is 1. The van der Waals surface area contributed by atoms with Gasteiger partial charge in [-0.2, -0.15) is 0 Å². The molecule has 0 amide bonds. The Labute approximate surface area is 62.5 Å². The molecule has 0 aromatic rings. The van der Waals surface area contributed by atoms with Crippen LogP contribution in [0.25, 0.3) is 0 Å². The van der Waals surface area contributed by atoms with E-state index in [-0.39, 0.29) is 12.0 Å². The first-order chi connectivity index (χ1) is 4.66. The Kier molecular flexibility index (Phi) is 4.81. The standard InChI is InChI=1S/C8H16O2/c1-4-5-6-7(2)10-8(3)9/h7,9H,3-6H2,1-2H3. The molecule has 60 valence electrons. The van der Waals surface area contributed by atoms with Gasteiger partial charge in [0.2, 0.25) is 0 Å². The van der Waals surface area contributed by atoms with Gasteiger partial charge in [0.05, 0.1) is 6.10 Å². The van der Waals surface area contributed by atoms with E-state index in [0.29, 0.717) is 0 Å². The minimum absolute atomic E-state index is 0.0949. The predicted molar refractivity (Wildman–Crippen MR) is 41.8 cm³/mol. The van der Waals surface area contributed by atoms with Crippen molar-refractivity contribution >= 4 is 0 Å². The van der Waals surface area contributed by atoms with Gasteiger partial charge >= 0.3 is 0 Å². The zero-order valence-corrected chi connectivity index (χ0v) is 6.76. The fourth-order valence-corrected chi connectivity index (χ4v) is 0.783. The minimum Gasteiger partial charge on any atom is -0.481 e. The van der Waals surface area contributed by atoms with Crippen LogP contribution in [0.5, 0.6) is 0 Å². The highest BCUT2D eigenvalue weighted by Crippen LogP contribution is 2.05. The molecule has 1 unspecified atom stereocenters. The van der Waals surface area contributed by atoms with Crippen LogP contribution in [0, 0.1) is 0 Å². The maximum atomic E-state index is 8.61. The van der Waals surface area contributed by atoms with Gasteiger partial charge in [0.25, 0.3) is 5.95 Å². The van der Waals surface area contributed by atoms with E-state index in [1.54, 1.807) is 0 Å². The Morgan fingerprint density at radius 2 is 2.30 bits per heavy atom. The molecule has 1 N–H and O–H groups in total. The van der Waals surface area contributed by atoms with E-state index in [9.17, 15) is 0 Å². The van der Waals surface area contributed by atoms with Crippen LogP contribution >= 0.6 is 0 Å². The summed E-state index contributed by atoms with van der Waals surface area (Å²) in [4.78, 5) is 0. The number of unbranched alkanes of at least 4 members (excludes halogenated alkanes) is 1. The molecule has 10 heavy (non-hydrogen) atoms. The monoisotopic (exact) mass is 144 g/mol. The second kappa shape index (κ2) is 5.15. The largest absolute Gasteiger partial charge is 0.481 e. The van der Waals surface area contributed by atoms with Gasteiger partial charge in [0, 0.05) is 0 Å². The highest BCUT2D eigenvalue weighted by Gasteiger charge is 2.01. The normalized spacial score (nSPS) is 12.6. The van der Waals surface area contributed by atoms with Crippen LogP contribution in [0.15, 0.2) is 12.5 Å². The lowest BCUT2D eigenvalue weighted by Gasteiger charge is -2.11. The Balaban J connectivity index is 3.25. The molecule has 1 atom stereocenters. The molecule has 0 aromatic heterocycles. The lowest BCUT2D eigenvalue weighted by Crippen LogP contribution is -2.06. The van der Waals surface area contributed by atoms with Crippen LogP contribution in [-0.4, -0.2) is 11.2 Å². The second-order valence-corrected chi connectivity index (χ2v) is 2.46. The smallest absolute Gasteiger partial charge is 0.269 e. The molecule has 2 nitrogen and oxygen atoms in total. The van der Waals surface area contributed by atoms with Crippen LogP contribution in [0.4, 0.5) is 0 Å². The Morgan fingerprint density at radius 1 is 1.70 bits per heavy atom.